The van der Waals surface area contributed by atoms with Gasteiger partial charge in [-0.25, -0.2) is 13.2 Å². The molecule has 152 valence electrons. The van der Waals surface area contributed by atoms with Crippen LogP contribution in [0, 0.1) is 10.1 Å². The van der Waals surface area contributed by atoms with Crippen LogP contribution in [0.5, 0.6) is 0 Å². The summed E-state index contributed by atoms with van der Waals surface area (Å²) in [6.45, 7) is 6.37. The molecule has 1 amide bonds. The Labute approximate surface area is 162 Å². The van der Waals surface area contributed by atoms with Crippen molar-refractivity contribution in [2.45, 2.75) is 36.2 Å². The second kappa shape index (κ2) is 7.32. The highest BCUT2D eigenvalue weighted by Gasteiger charge is 2.59. The van der Waals surface area contributed by atoms with Gasteiger partial charge in [0, 0.05) is 6.07 Å². The van der Waals surface area contributed by atoms with E-state index in [-0.39, 0.29) is 13.0 Å². The van der Waals surface area contributed by atoms with Gasteiger partial charge >= 0.3 is 5.97 Å². The van der Waals surface area contributed by atoms with Gasteiger partial charge in [0.15, 0.2) is 4.90 Å². The predicted octanol–water partition coefficient (Wildman–Crippen LogP) is 0.982. The number of likely N-dealkylation sites (tertiary alicyclic amines) is 1. The smallest absolute Gasteiger partial charge is 0.331 e. The van der Waals surface area contributed by atoms with Crippen molar-refractivity contribution in [3.8, 4) is 0 Å². The highest BCUT2D eigenvalue weighted by Crippen LogP contribution is 2.36. The zero-order valence-electron chi connectivity index (χ0n) is 15.7. The minimum absolute atomic E-state index is 0.0561. The van der Waals surface area contributed by atoms with Crippen LogP contribution in [0.3, 0.4) is 0 Å². The van der Waals surface area contributed by atoms with Crippen LogP contribution in [0.25, 0.3) is 0 Å². The Bertz CT molecular complexity index is 942. The number of β-lactam (4-membered cyclic amide) rings is 1. The number of esters is 1. The fourth-order valence-corrected chi connectivity index (χ4v) is 4.59. The second-order valence-electron chi connectivity index (χ2n) is 6.85. The molecular formula is C17H21N3O7S. The van der Waals surface area contributed by atoms with Gasteiger partial charge in [-0.05, 0) is 26.3 Å². The van der Waals surface area contributed by atoms with Gasteiger partial charge in [0.2, 0.25) is 15.9 Å². The van der Waals surface area contributed by atoms with Crippen LogP contribution >= 0.6 is 0 Å². The second-order valence-corrected chi connectivity index (χ2v) is 8.50. The minimum Gasteiger partial charge on any atom is -0.467 e. The van der Waals surface area contributed by atoms with Gasteiger partial charge in [0.25, 0.3) is 5.69 Å². The number of hydrogen-bond donors (Lipinski definition) is 1. The van der Waals surface area contributed by atoms with Crippen molar-refractivity contribution in [3.05, 3.63) is 47.0 Å². The summed E-state index contributed by atoms with van der Waals surface area (Å²) in [5.41, 5.74) is -3.50. The molecule has 0 saturated carbocycles. The Kier molecular flexibility index (Phi) is 5.62. The molecule has 1 aliphatic heterocycles. The van der Waals surface area contributed by atoms with E-state index in [1.54, 1.807) is 0 Å². The lowest BCUT2D eigenvalue weighted by atomic mass is 9.82. The SMILES string of the molecule is C=CC[C@@]1(NS(=O)(=O)c2ccccc2[N+](=O)[O-])CN(C(C)(C)C(=O)OC)C1=O. The first-order valence-electron chi connectivity index (χ1n) is 8.22. The van der Waals surface area contributed by atoms with E-state index in [0.29, 0.717) is 0 Å². The molecule has 2 rings (SSSR count). The Morgan fingerprint density at radius 2 is 2.07 bits per heavy atom. The first-order valence-corrected chi connectivity index (χ1v) is 9.70. The number of sulfonamides is 1. The zero-order chi connectivity index (χ0) is 21.3. The number of carbonyl (C=O) groups is 2. The van der Waals surface area contributed by atoms with Gasteiger partial charge in [-0.1, -0.05) is 18.2 Å². The first kappa shape index (κ1) is 21.5. The summed E-state index contributed by atoms with van der Waals surface area (Å²) in [6.07, 6.45) is 1.31. The summed E-state index contributed by atoms with van der Waals surface area (Å²) < 4.78 is 32.6. The fourth-order valence-electron chi connectivity index (χ4n) is 3.05. The van der Waals surface area contributed by atoms with Crippen molar-refractivity contribution >= 4 is 27.6 Å². The molecule has 0 aliphatic carbocycles. The van der Waals surface area contributed by atoms with Crippen LogP contribution in [0.1, 0.15) is 20.3 Å². The zero-order valence-corrected chi connectivity index (χ0v) is 16.5. The maximum atomic E-state index is 12.9. The molecule has 0 bridgehead atoms. The number of methoxy groups -OCH3 is 1. The van der Waals surface area contributed by atoms with Crippen molar-refractivity contribution in [2.75, 3.05) is 13.7 Å². The summed E-state index contributed by atoms with van der Waals surface area (Å²) in [4.78, 5) is 35.8. The number of para-hydroxylation sites is 1. The molecule has 1 aromatic carbocycles. The van der Waals surface area contributed by atoms with Crippen LogP contribution in [-0.2, 0) is 24.3 Å². The molecule has 1 aliphatic rings. The molecule has 0 unspecified atom stereocenters. The van der Waals surface area contributed by atoms with Crippen molar-refractivity contribution in [3.63, 3.8) is 0 Å². The molecular weight excluding hydrogens is 390 g/mol. The fraction of sp³-hybridized carbons (Fsp3) is 0.412. The van der Waals surface area contributed by atoms with Gasteiger partial charge in [0.05, 0.1) is 18.6 Å². The number of ether oxygens (including phenoxy) is 1. The molecule has 10 nitrogen and oxygen atoms in total. The van der Waals surface area contributed by atoms with Crippen LogP contribution in [0.2, 0.25) is 0 Å². The van der Waals surface area contributed by atoms with E-state index in [4.69, 9.17) is 4.74 Å². The first-order chi connectivity index (χ1) is 12.9. The van der Waals surface area contributed by atoms with Crippen LogP contribution in [0.4, 0.5) is 5.69 Å². The minimum atomic E-state index is -4.41. The normalized spacial score (nSPS) is 19.7. The van der Waals surface area contributed by atoms with Crippen molar-refractivity contribution < 1.29 is 27.7 Å². The highest BCUT2D eigenvalue weighted by molar-refractivity contribution is 7.89. The Hall–Kier alpha value is -2.79. The average Bonchev–Trinajstić information content (AvgIpc) is 2.64. The highest BCUT2D eigenvalue weighted by atomic mass is 32.2. The number of rotatable bonds is 8. The molecule has 1 fully saturated rings. The van der Waals surface area contributed by atoms with E-state index >= 15 is 0 Å². The quantitative estimate of drug-likeness (QED) is 0.221. The third kappa shape index (κ3) is 3.50. The van der Waals surface area contributed by atoms with Gasteiger partial charge < -0.3 is 9.64 Å². The molecule has 1 aromatic rings. The van der Waals surface area contributed by atoms with E-state index < -0.39 is 48.5 Å². The molecule has 0 aromatic heterocycles. The van der Waals surface area contributed by atoms with Crippen LogP contribution < -0.4 is 4.72 Å². The number of nitrogens with zero attached hydrogens (tertiary/aromatic N) is 2. The molecule has 1 heterocycles. The largest absolute Gasteiger partial charge is 0.467 e. The van der Waals surface area contributed by atoms with Crippen molar-refractivity contribution in [1.29, 1.82) is 0 Å². The van der Waals surface area contributed by atoms with E-state index in [9.17, 15) is 28.1 Å². The van der Waals surface area contributed by atoms with E-state index in [1.807, 2.05) is 0 Å². The topological polar surface area (TPSA) is 136 Å². The summed E-state index contributed by atoms with van der Waals surface area (Å²) in [6, 6.07) is 4.83. The lowest BCUT2D eigenvalue weighted by Gasteiger charge is -2.53. The number of nitro groups is 1. The number of nitrogens with one attached hydrogen (secondary N) is 1. The number of benzene rings is 1. The lowest BCUT2D eigenvalue weighted by Crippen LogP contribution is -2.78. The number of carbonyl (C=O) groups excluding carboxylic acids is 2. The standard InChI is InChI=1S/C17H21N3O7S/c1-5-10-17(11-19(14(17)21)16(2,3)15(22)27-4)18-28(25,26)13-9-7-6-8-12(13)20(23)24/h5-9,18H,1,10-11H2,2-4H3/t17-/m1/s1. The molecule has 0 radical (unpaired) electrons. The maximum absolute atomic E-state index is 12.9. The summed E-state index contributed by atoms with van der Waals surface area (Å²) in [7, 11) is -3.22. The van der Waals surface area contributed by atoms with E-state index in [1.165, 1.54) is 44.1 Å². The number of amides is 1. The van der Waals surface area contributed by atoms with Gasteiger partial charge in [-0.2, -0.15) is 4.72 Å². The molecule has 1 atom stereocenters. The predicted molar refractivity (Wildman–Crippen MR) is 98.8 cm³/mol. The van der Waals surface area contributed by atoms with E-state index in [0.717, 1.165) is 12.1 Å². The van der Waals surface area contributed by atoms with Crippen LogP contribution in [-0.4, -0.2) is 54.8 Å². The van der Waals surface area contributed by atoms with Gasteiger partial charge in [0.1, 0.15) is 11.1 Å². The van der Waals surface area contributed by atoms with Crippen molar-refractivity contribution in [1.82, 2.24) is 9.62 Å². The number of nitro benzene ring substituents is 1. The Balaban J connectivity index is 2.40. The third-order valence-electron chi connectivity index (χ3n) is 4.62. The average molecular weight is 411 g/mol. The number of hydrogen-bond acceptors (Lipinski definition) is 7. The van der Waals surface area contributed by atoms with Gasteiger partial charge in [-0.3, -0.25) is 14.9 Å². The van der Waals surface area contributed by atoms with Crippen LogP contribution in [0.15, 0.2) is 41.8 Å². The lowest BCUT2D eigenvalue weighted by molar-refractivity contribution is -0.387. The molecule has 1 saturated heterocycles. The monoisotopic (exact) mass is 411 g/mol. The Morgan fingerprint density at radius 1 is 1.46 bits per heavy atom. The van der Waals surface area contributed by atoms with E-state index in [2.05, 4.69) is 11.3 Å². The summed E-state index contributed by atoms with van der Waals surface area (Å²) in [5.74, 6) is -1.31. The molecule has 0 spiro atoms. The maximum Gasteiger partial charge on any atom is 0.331 e. The third-order valence-corrected chi connectivity index (χ3v) is 6.20. The van der Waals surface area contributed by atoms with Gasteiger partial charge in [-0.15, -0.1) is 6.58 Å². The summed E-state index contributed by atoms with van der Waals surface area (Å²) in [5, 5.41) is 11.2. The molecule has 11 heteroatoms. The van der Waals surface area contributed by atoms with Crippen molar-refractivity contribution in [2.24, 2.45) is 0 Å². The molecule has 28 heavy (non-hydrogen) atoms. The molecule has 1 N–H and O–H groups in total. The Morgan fingerprint density at radius 3 is 2.57 bits per heavy atom. The summed E-state index contributed by atoms with van der Waals surface area (Å²) >= 11 is 0.